The Bertz CT molecular complexity index is 1570. The molecule has 1 unspecified atom stereocenters. The van der Waals surface area contributed by atoms with Gasteiger partial charge in [0.2, 0.25) is 5.96 Å². The van der Waals surface area contributed by atoms with E-state index in [-0.39, 0.29) is 34.6 Å². The molecule has 1 aromatic carbocycles. The Hall–Kier alpha value is -4.16. The highest BCUT2D eigenvalue weighted by Gasteiger charge is 2.42. The maximum Gasteiger partial charge on any atom is 0.320 e. The Morgan fingerprint density at radius 1 is 1.00 bits per heavy atom. The van der Waals surface area contributed by atoms with Crippen LogP contribution in [0.15, 0.2) is 54.5 Å². The fraction of sp³-hybridized carbons (Fsp3) is 0.543. The molecule has 12 nitrogen and oxygen atoms in total. The minimum Gasteiger partial charge on any atom is -0.484 e. The van der Waals surface area contributed by atoms with E-state index < -0.39 is 0 Å². The van der Waals surface area contributed by atoms with Crippen molar-refractivity contribution in [3.63, 3.8) is 0 Å². The van der Waals surface area contributed by atoms with E-state index in [9.17, 15) is 4.79 Å². The van der Waals surface area contributed by atoms with Gasteiger partial charge in [-0.25, -0.2) is 4.79 Å². The van der Waals surface area contributed by atoms with Crippen LogP contribution in [0.25, 0.3) is 0 Å². The Balaban J connectivity index is 1.25. The van der Waals surface area contributed by atoms with Crippen molar-refractivity contribution in [3.05, 3.63) is 71.1 Å². The molecule has 2 atom stereocenters. The number of piperidine rings is 1. The number of carbonyl (C=O) groups excluding carboxylic acids is 1. The zero-order valence-electron chi connectivity index (χ0n) is 28.7. The number of likely N-dealkylation sites (tertiary alicyclic amines) is 1. The zero-order valence-corrected chi connectivity index (χ0v) is 28.7. The van der Waals surface area contributed by atoms with Crippen molar-refractivity contribution < 1.29 is 9.53 Å². The summed E-state index contributed by atoms with van der Waals surface area (Å²) in [4.78, 5) is 20.0. The minimum absolute atomic E-state index is 0.146. The van der Waals surface area contributed by atoms with E-state index >= 15 is 0 Å². The molecule has 2 aliphatic heterocycles. The molecule has 3 aliphatic rings. The second kappa shape index (κ2) is 13.9. The Labute approximate surface area is 278 Å². The number of likely N-dealkylation sites (N-methyl/N-ethyl adjacent to an activating group) is 2. The van der Waals surface area contributed by atoms with Gasteiger partial charge in [-0.05, 0) is 69.1 Å². The van der Waals surface area contributed by atoms with Crippen molar-refractivity contribution in [2.45, 2.75) is 64.1 Å². The molecule has 1 spiro atoms. The van der Waals surface area contributed by atoms with Gasteiger partial charge in [-0.3, -0.25) is 25.6 Å². The first-order valence-corrected chi connectivity index (χ1v) is 16.6. The Kier molecular flexibility index (Phi) is 10.1. The van der Waals surface area contributed by atoms with E-state index in [1.54, 1.807) is 36.0 Å². The molecular formula is C35H52N10O2. The number of allylic oxidation sites excluding steroid dienone is 1. The van der Waals surface area contributed by atoms with Gasteiger partial charge in [-0.2, -0.15) is 0 Å². The number of hydrogen-bond donors (Lipinski definition) is 6. The van der Waals surface area contributed by atoms with Gasteiger partial charge in [0.15, 0.2) is 0 Å². The lowest BCUT2D eigenvalue weighted by Gasteiger charge is -2.52. The summed E-state index contributed by atoms with van der Waals surface area (Å²) >= 11 is 0. The number of piperazine rings is 1. The molecule has 2 aromatic rings. The van der Waals surface area contributed by atoms with Crippen molar-refractivity contribution >= 4 is 17.7 Å². The smallest absolute Gasteiger partial charge is 0.320 e. The van der Waals surface area contributed by atoms with Gasteiger partial charge in [-0.15, -0.1) is 0 Å². The summed E-state index contributed by atoms with van der Waals surface area (Å²) in [6.45, 7) is 10.6. The van der Waals surface area contributed by atoms with Gasteiger partial charge in [0.05, 0.1) is 12.2 Å². The van der Waals surface area contributed by atoms with E-state index in [0.29, 0.717) is 36.1 Å². The van der Waals surface area contributed by atoms with Crippen LogP contribution in [0.2, 0.25) is 0 Å². The van der Waals surface area contributed by atoms with Crippen molar-refractivity contribution in [3.8, 4) is 5.75 Å². The van der Waals surface area contributed by atoms with Crippen LogP contribution in [0.4, 0.5) is 4.79 Å². The van der Waals surface area contributed by atoms with Crippen LogP contribution in [0, 0.1) is 21.6 Å². The highest BCUT2D eigenvalue weighted by Crippen LogP contribution is 2.38. The predicted octanol–water partition coefficient (Wildman–Crippen LogP) is 3.84. The second-order valence-corrected chi connectivity index (χ2v) is 14.2. The molecule has 0 bridgehead atoms. The van der Waals surface area contributed by atoms with E-state index in [1.165, 1.54) is 0 Å². The van der Waals surface area contributed by atoms with E-state index in [4.69, 9.17) is 21.0 Å². The maximum absolute atomic E-state index is 13.0. The topological polar surface area (TPSA) is 149 Å². The molecule has 5 rings (SSSR count). The maximum atomic E-state index is 13.0. The normalized spacial score (nSPS) is 21.9. The summed E-state index contributed by atoms with van der Waals surface area (Å²) in [5.74, 6) is 1.36. The largest absolute Gasteiger partial charge is 0.484 e. The number of benzene rings is 1. The Morgan fingerprint density at radius 2 is 1.70 bits per heavy atom. The van der Waals surface area contributed by atoms with Gasteiger partial charge >= 0.3 is 6.03 Å². The van der Waals surface area contributed by atoms with Gasteiger partial charge in [-0.1, -0.05) is 45.0 Å². The number of ether oxygens (including phenoxy) is 1. The Morgan fingerprint density at radius 3 is 2.38 bits per heavy atom. The lowest BCUT2D eigenvalue weighted by atomic mass is 9.84. The fourth-order valence-electron chi connectivity index (χ4n) is 6.85. The number of carbonyl (C=O) groups is 1. The number of urea groups is 1. The molecule has 3 heterocycles. The third-order valence-electron chi connectivity index (χ3n) is 9.97. The van der Waals surface area contributed by atoms with Gasteiger partial charge in [0, 0.05) is 56.4 Å². The van der Waals surface area contributed by atoms with Crippen LogP contribution in [0.1, 0.15) is 69.7 Å². The van der Waals surface area contributed by atoms with Crippen LogP contribution in [0.5, 0.6) is 5.75 Å². The van der Waals surface area contributed by atoms with Crippen molar-refractivity contribution in [1.29, 1.82) is 16.2 Å². The average molecular weight is 645 g/mol. The molecule has 2 fully saturated rings. The molecule has 1 aliphatic carbocycles. The molecule has 47 heavy (non-hydrogen) atoms. The summed E-state index contributed by atoms with van der Waals surface area (Å²) < 4.78 is 8.15. The van der Waals surface area contributed by atoms with Gasteiger partial charge in [0.25, 0.3) is 0 Å². The first kappa shape index (κ1) is 34.2. The highest BCUT2D eigenvalue weighted by atomic mass is 16.5. The molecule has 254 valence electrons. The number of amides is 2. The number of aromatic nitrogens is 1. The van der Waals surface area contributed by atoms with Crippen LogP contribution in [0.3, 0.4) is 0 Å². The van der Waals surface area contributed by atoms with Crippen molar-refractivity contribution in [2.75, 3.05) is 53.9 Å². The van der Waals surface area contributed by atoms with Crippen molar-refractivity contribution in [2.24, 2.45) is 5.41 Å². The monoisotopic (exact) mass is 644 g/mol. The number of nitrogens with zero attached hydrogens (tertiary/aromatic N) is 4. The summed E-state index contributed by atoms with van der Waals surface area (Å²) in [5, 5.41) is 34.8. The third kappa shape index (κ3) is 7.70. The highest BCUT2D eigenvalue weighted by molar-refractivity contribution is 5.97. The minimum atomic E-state index is -0.345. The van der Waals surface area contributed by atoms with Crippen LogP contribution < -0.4 is 26.2 Å². The molecule has 0 saturated carbocycles. The molecule has 1 aromatic heterocycles. The summed E-state index contributed by atoms with van der Waals surface area (Å²) in [5.41, 5.74) is 2.46. The molecule has 0 radical (unpaired) electrons. The summed E-state index contributed by atoms with van der Waals surface area (Å²) in [7, 11) is 6.13. The predicted molar refractivity (Wildman–Crippen MR) is 185 cm³/mol. The lowest BCUT2D eigenvalue weighted by molar-refractivity contribution is -0.00873. The standard InChI is InChI=1S/C35H52N10O2/c1-34(2,3)29(36)21-31(39-4)41-33(46)40-27-12-13-28(26-10-8-7-9-25(26)27)47-24-11-14-30(37)45(22-24)32(38)44-17-15-35(16-18-44)23-42(5)19-20-43(35)6/h7-11,14,21-22,27-28,36-39H,12-13,15-20,23H2,1-6H3,(H2,40,41,46)/b31-21+,36-29?,37-30?,38-32?/t27?,28-/m1/s1. The molecule has 2 amide bonds. The van der Waals surface area contributed by atoms with Gasteiger partial charge in [0.1, 0.15) is 23.2 Å². The van der Waals surface area contributed by atoms with Crippen LogP contribution in [-0.2, 0) is 0 Å². The third-order valence-corrected chi connectivity index (χ3v) is 9.97. The number of hydrogen-bond acceptors (Lipinski definition) is 8. The number of pyridine rings is 1. The zero-order chi connectivity index (χ0) is 33.9. The van der Waals surface area contributed by atoms with E-state index in [2.05, 4.69) is 44.7 Å². The number of nitrogens with one attached hydrogen (secondary N) is 6. The second-order valence-electron chi connectivity index (χ2n) is 14.2. The lowest BCUT2D eigenvalue weighted by Crippen LogP contribution is -2.64. The molecule has 2 saturated heterocycles. The molecule has 12 heteroatoms. The fourth-order valence-corrected chi connectivity index (χ4v) is 6.85. The number of fused-ring (bicyclic) bond motifs is 1. The SMILES string of the molecule is CN/C(=C\C(=N)C(C)(C)C)NC(=O)NC1CC[C@@H](Oc2ccc(=N)n(C(=N)N3CCC4(CC3)CN(C)CCN4C)c2)c2ccccc21. The van der Waals surface area contributed by atoms with Crippen molar-refractivity contribution in [1.82, 2.24) is 35.2 Å². The first-order chi connectivity index (χ1) is 22.3. The first-order valence-electron chi connectivity index (χ1n) is 16.6. The quantitative estimate of drug-likeness (QED) is 0.208. The van der Waals surface area contributed by atoms with Crippen LogP contribution >= 0.6 is 0 Å². The number of rotatable bonds is 6. The van der Waals surface area contributed by atoms with E-state index in [1.807, 2.05) is 45.0 Å². The van der Waals surface area contributed by atoms with Gasteiger partial charge < -0.3 is 30.6 Å². The molecule has 6 N–H and O–H groups in total. The summed E-state index contributed by atoms with van der Waals surface area (Å²) in [6, 6.07) is 10.9. The average Bonchev–Trinajstić information content (AvgIpc) is 3.04. The summed E-state index contributed by atoms with van der Waals surface area (Å²) in [6.07, 6.45) is 6.50. The molecular weight excluding hydrogens is 592 g/mol. The van der Waals surface area contributed by atoms with Crippen LogP contribution in [-0.4, -0.2) is 96.4 Å². The van der Waals surface area contributed by atoms with E-state index in [0.717, 1.165) is 56.7 Å².